The van der Waals surface area contributed by atoms with Crippen LogP contribution in [0.3, 0.4) is 0 Å². The fourth-order valence-corrected chi connectivity index (χ4v) is 5.32. The molecule has 0 N–H and O–H groups in total. The molecular formula is C22H45NO2Si2. The molecule has 1 heterocycles. The second-order valence-electron chi connectivity index (χ2n) is 11.7. The lowest BCUT2D eigenvalue weighted by Gasteiger charge is -2.46. The first-order valence-corrected chi connectivity index (χ1v) is 16.2. The van der Waals surface area contributed by atoms with E-state index in [1.165, 1.54) is 5.57 Å². The van der Waals surface area contributed by atoms with Crippen molar-refractivity contribution in [2.45, 2.75) is 110 Å². The summed E-state index contributed by atoms with van der Waals surface area (Å²) in [4.78, 5) is 5.00. The molecule has 0 radical (unpaired) electrons. The van der Waals surface area contributed by atoms with E-state index in [0.717, 1.165) is 0 Å². The lowest BCUT2D eigenvalue weighted by Crippen LogP contribution is -2.56. The molecule has 0 saturated carbocycles. The van der Waals surface area contributed by atoms with Crippen LogP contribution in [0.25, 0.3) is 0 Å². The fourth-order valence-electron chi connectivity index (χ4n) is 2.83. The Bertz CT molecular complexity index is 580. The van der Waals surface area contributed by atoms with Crippen LogP contribution in [0, 0.1) is 5.92 Å². The van der Waals surface area contributed by atoms with Gasteiger partial charge in [0.25, 0.3) is 0 Å². The highest BCUT2D eigenvalue weighted by molar-refractivity contribution is 6.74. The molecule has 1 aliphatic heterocycles. The predicted molar refractivity (Wildman–Crippen MR) is 125 cm³/mol. The molecule has 3 nitrogen and oxygen atoms in total. The third kappa shape index (κ3) is 5.65. The van der Waals surface area contributed by atoms with Gasteiger partial charge in [0.05, 0.1) is 12.7 Å². The van der Waals surface area contributed by atoms with Gasteiger partial charge in [-0.15, -0.1) is 0 Å². The van der Waals surface area contributed by atoms with E-state index < -0.39 is 22.2 Å². The Morgan fingerprint density at radius 1 is 0.963 bits per heavy atom. The summed E-state index contributed by atoms with van der Waals surface area (Å²) in [5, 5.41) is 0.353. The van der Waals surface area contributed by atoms with Crippen LogP contribution in [-0.4, -0.2) is 41.1 Å². The van der Waals surface area contributed by atoms with Crippen LogP contribution in [0.4, 0.5) is 0 Å². The summed E-state index contributed by atoms with van der Waals surface area (Å²) in [6.45, 7) is 30.3. The van der Waals surface area contributed by atoms with Gasteiger partial charge in [-0.1, -0.05) is 55.4 Å². The SMILES string of the molecule is CC1=C[C@@](CO[Si](C)(C)C(C)(C)C)([C@@H](O[Si](C)(C)C(C)(C)C)C(C)C)N=C1. The molecule has 0 amide bonds. The lowest BCUT2D eigenvalue weighted by atomic mass is 9.86. The Hall–Kier alpha value is -0.236. The lowest BCUT2D eigenvalue weighted by molar-refractivity contribution is 0.0504. The van der Waals surface area contributed by atoms with Crippen molar-refractivity contribution < 1.29 is 8.85 Å². The molecule has 0 aromatic heterocycles. The van der Waals surface area contributed by atoms with E-state index in [0.29, 0.717) is 12.5 Å². The van der Waals surface area contributed by atoms with E-state index in [9.17, 15) is 0 Å². The molecule has 5 heteroatoms. The molecule has 1 aliphatic rings. The molecule has 0 aromatic rings. The highest BCUT2D eigenvalue weighted by Gasteiger charge is 2.49. The first-order valence-electron chi connectivity index (χ1n) is 10.4. The van der Waals surface area contributed by atoms with E-state index in [1.807, 2.05) is 6.21 Å². The largest absolute Gasteiger partial charge is 0.414 e. The maximum atomic E-state index is 6.97. The molecule has 0 saturated heterocycles. The van der Waals surface area contributed by atoms with Gasteiger partial charge in [-0.3, -0.25) is 4.99 Å². The van der Waals surface area contributed by atoms with E-state index >= 15 is 0 Å². The molecule has 1 rings (SSSR count). The van der Waals surface area contributed by atoms with Gasteiger partial charge in [0.2, 0.25) is 0 Å². The van der Waals surface area contributed by atoms with E-state index in [4.69, 9.17) is 13.8 Å². The minimum atomic E-state index is -1.93. The third-order valence-corrected chi connectivity index (χ3v) is 15.7. The molecule has 0 unspecified atom stereocenters. The number of hydrogen-bond acceptors (Lipinski definition) is 3. The van der Waals surface area contributed by atoms with Crippen molar-refractivity contribution in [1.29, 1.82) is 0 Å². The summed E-state index contributed by atoms with van der Waals surface area (Å²) in [6.07, 6.45) is 4.31. The quantitative estimate of drug-likeness (QED) is 0.430. The van der Waals surface area contributed by atoms with Crippen molar-refractivity contribution in [2.75, 3.05) is 6.61 Å². The van der Waals surface area contributed by atoms with E-state index in [-0.39, 0.29) is 16.2 Å². The fraction of sp³-hybridized carbons (Fsp3) is 0.864. The molecule has 0 bridgehead atoms. The molecule has 0 aliphatic carbocycles. The average molecular weight is 412 g/mol. The number of rotatable bonds is 7. The van der Waals surface area contributed by atoms with Crippen LogP contribution in [0.1, 0.15) is 62.3 Å². The molecule has 27 heavy (non-hydrogen) atoms. The predicted octanol–water partition coefficient (Wildman–Crippen LogP) is 6.82. The molecule has 158 valence electrons. The number of nitrogens with zero attached hydrogens (tertiary/aromatic N) is 1. The van der Waals surface area contributed by atoms with Crippen LogP contribution in [0.2, 0.25) is 36.3 Å². The first kappa shape index (κ1) is 24.8. The van der Waals surface area contributed by atoms with Crippen molar-refractivity contribution in [3.8, 4) is 0 Å². The monoisotopic (exact) mass is 411 g/mol. The van der Waals surface area contributed by atoms with Gasteiger partial charge < -0.3 is 8.85 Å². The van der Waals surface area contributed by atoms with E-state index in [1.54, 1.807) is 0 Å². The smallest absolute Gasteiger partial charge is 0.192 e. The Morgan fingerprint density at radius 3 is 1.78 bits per heavy atom. The van der Waals surface area contributed by atoms with Gasteiger partial charge in [0.1, 0.15) is 5.54 Å². The molecule has 2 atom stereocenters. The second-order valence-corrected chi connectivity index (χ2v) is 21.3. The van der Waals surface area contributed by atoms with Gasteiger partial charge in [-0.05, 0) is 60.8 Å². The molecule has 0 fully saturated rings. The summed E-state index contributed by atoms with van der Waals surface area (Å²) < 4.78 is 13.6. The zero-order chi connectivity index (χ0) is 21.5. The second kappa shape index (κ2) is 7.88. The number of aliphatic imine (C=N–C) groups is 1. The summed E-state index contributed by atoms with van der Waals surface area (Å²) in [6, 6.07) is 0. The van der Waals surface area contributed by atoms with Crippen LogP contribution < -0.4 is 0 Å². The van der Waals surface area contributed by atoms with Crippen LogP contribution in [0.15, 0.2) is 16.6 Å². The van der Waals surface area contributed by atoms with Gasteiger partial charge in [0.15, 0.2) is 16.6 Å². The van der Waals surface area contributed by atoms with Crippen molar-refractivity contribution in [3.05, 3.63) is 11.6 Å². The van der Waals surface area contributed by atoms with Crippen molar-refractivity contribution in [2.24, 2.45) is 10.9 Å². The third-order valence-electron chi connectivity index (χ3n) is 6.78. The Labute approximate surface area is 171 Å². The number of allylic oxidation sites excluding steroid dienone is 1. The van der Waals surface area contributed by atoms with Gasteiger partial charge in [0, 0.05) is 6.21 Å². The minimum Gasteiger partial charge on any atom is -0.414 e. The van der Waals surface area contributed by atoms with E-state index in [2.05, 4.69) is 94.6 Å². The normalized spacial score (nSPS) is 23.1. The van der Waals surface area contributed by atoms with Crippen LogP contribution >= 0.6 is 0 Å². The number of hydrogen-bond donors (Lipinski definition) is 0. The summed E-state index contributed by atoms with van der Waals surface area (Å²) in [5.74, 6) is 0.362. The summed E-state index contributed by atoms with van der Waals surface area (Å²) in [7, 11) is -3.79. The Balaban J connectivity index is 3.25. The average Bonchev–Trinajstić information content (AvgIpc) is 2.82. The minimum absolute atomic E-state index is 0.0249. The Kier molecular flexibility index (Phi) is 7.24. The molecular weight excluding hydrogens is 366 g/mol. The van der Waals surface area contributed by atoms with Crippen molar-refractivity contribution >= 4 is 22.8 Å². The maximum absolute atomic E-state index is 6.97. The topological polar surface area (TPSA) is 30.8 Å². The maximum Gasteiger partial charge on any atom is 0.192 e. The van der Waals surface area contributed by atoms with Crippen molar-refractivity contribution in [1.82, 2.24) is 0 Å². The Morgan fingerprint density at radius 2 is 1.44 bits per heavy atom. The highest BCUT2D eigenvalue weighted by Crippen LogP contribution is 2.43. The van der Waals surface area contributed by atoms with Gasteiger partial charge >= 0.3 is 0 Å². The zero-order valence-corrected chi connectivity index (χ0v) is 22.3. The first-order chi connectivity index (χ1) is 11.8. The molecule has 0 aromatic carbocycles. The van der Waals surface area contributed by atoms with Gasteiger partial charge in [-0.25, -0.2) is 0 Å². The van der Waals surface area contributed by atoms with Crippen molar-refractivity contribution in [3.63, 3.8) is 0 Å². The summed E-state index contributed by atoms with van der Waals surface area (Å²) >= 11 is 0. The standard InChI is InChI=1S/C22H45NO2Si2/c1-17(2)19(25-27(12,13)21(7,8)9)22(14-18(3)15-23-22)16-24-26(10,11)20(4,5)6/h14-15,17,19H,16H2,1-13H3/t19-,22+/m0/s1. The molecule has 0 spiro atoms. The van der Waals surface area contributed by atoms with Gasteiger partial charge in [-0.2, -0.15) is 0 Å². The van der Waals surface area contributed by atoms with Crippen LogP contribution in [0.5, 0.6) is 0 Å². The zero-order valence-electron chi connectivity index (χ0n) is 20.3. The summed E-state index contributed by atoms with van der Waals surface area (Å²) in [5.41, 5.74) is 0.793. The van der Waals surface area contributed by atoms with Crippen LogP contribution in [-0.2, 0) is 8.85 Å². The highest BCUT2D eigenvalue weighted by atomic mass is 28.4.